The molecule has 0 aliphatic carbocycles. The highest BCUT2D eigenvalue weighted by Crippen LogP contribution is 2.33. The molecule has 0 spiro atoms. The van der Waals surface area contributed by atoms with Crippen LogP contribution in [0.3, 0.4) is 0 Å². The van der Waals surface area contributed by atoms with Crippen molar-refractivity contribution in [2.45, 2.75) is 33.4 Å². The number of para-hydroxylation sites is 1. The van der Waals surface area contributed by atoms with Crippen LogP contribution in [-0.2, 0) is 20.9 Å². The molecule has 3 N–H and O–H groups in total. The van der Waals surface area contributed by atoms with Gasteiger partial charge in [-0.1, -0.05) is 24.3 Å². The molecule has 2 aromatic heterocycles. The number of carbonyl (C=O) groups excluding carboxylic acids is 2. The summed E-state index contributed by atoms with van der Waals surface area (Å²) in [6, 6.07) is 19.7. The number of methoxy groups -OCH3 is 1. The number of carboxylic acids is 1. The molecule has 3 aromatic carbocycles. The lowest BCUT2D eigenvalue weighted by Crippen LogP contribution is -2.30. The van der Waals surface area contributed by atoms with Crippen LogP contribution < -0.4 is 25.7 Å². The third-order valence-corrected chi connectivity index (χ3v) is 7.34. The molecule has 0 unspecified atom stereocenters. The van der Waals surface area contributed by atoms with Crippen molar-refractivity contribution in [1.29, 1.82) is 0 Å². The van der Waals surface area contributed by atoms with E-state index in [1.54, 1.807) is 100 Å². The molecule has 0 aliphatic rings. The van der Waals surface area contributed by atoms with Gasteiger partial charge in [-0.15, -0.1) is 0 Å². The molecule has 0 bridgehead atoms. The number of pyridine rings is 1. The number of allylic oxidation sites excluding steroid dienone is 1. The number of amides is 1. The highest BCUT2D eigenvalue weighted by molar-refractivity contribution is 6.05. The Kier molecular flexibility index (Phi) is 12.8. The van der Waals surface area contributed by atoms with E-state index in [0.29, 0.717) is 33.8 Å². The fourth-order valence-electron chi connectivity index (χ4n) is 5.08. The molecule has 266 valence electrons. The van der Waals surface area contributed by atoms with Crippen molar-refractivity contribution in [3.8, 4) is 22.9 Å². The first-order chi connectivity index (χ1) is 24.5. The van der Waals surface area contributed by atoms with E-state index < -0.39 is 35.3 Å². The molecule has 13 nitrogen and oxygen atoms in total. The number of halogens is 1. The van der Waals surface area contributed by atoms with Crippen molar-refractivity contribution in [1.82, 2.24) is 19.7 Å². The van der Waals surface area contributed by atoms with Gasteiger partial charge >= 0.3 is 11.9 Å². The minimum absolute atomic E-state index is 0.0307. The van der Waals surface area contributed by atoms with Crippen LogP contribution in [0.4, 0.5) is 10.1 Å². The Balaban J connectivity index is 0.000000894. The summed E-state index contributed by atoms with van der Waals surface area (Å²) >= 11 is 0. The second-order valence-corrected chi connectivity index (χ2v) is 11.1. The van der Waals surface area contributed by atoms with E-state index in [0.717, 1.165) is 12.1 Å². The number of hydrogen-bond acceptors (Lipinski definition) is 9. The molecule has 51 heavy (non-hydrogen) atoms. The van der Waals surface area contributed by atoms with Crippen molar-refractivity contribution in [3.05, 3.63) is 119 Å². The molecular weight excluding hydrogens is 661 g/mol. The third-order valence-electron chi connectivity index (χ3n) is 7.34. The number of rotatable bonds is 12. The second-order valence-electron chi connectivity index (χ2n) is 11.1. The Morgan fingerprint density at radius 1 is 1.04 bits per heavy atom. The Hall–Kier alpha value is -6.28. The van der Waals surface area contributed by atoms with Gasteiger partial charge in [0.1, 0.15) is 23.2 Å². The van der Waals surface area contributed by atoms with E-state index in [9.17, 15) is 19.2 Å². The number of esters is 1. The number of hydrogen-bond donors (Lipinski definition) is 3. The molecule has 0 saturated carbocycles. The predicted molar refractivity (Wildman–Crippen MR) is 189 cm³/mol. The van der Waals surface area contributed by atoms with Crippen molar-refractivity contribution >= 4 is 34.4 Å². The van der Waals surface area contributed by atoms with Gasteiger partial charge in [-0.25, -0.2) is 13.9 Å². The second kappa shape index (κ2) is 17.4. The van der Waals surface area contributed by atoms with Crippen LogP contribution in [0, 0.1) is 12.7 Å². The van der Waals surface area contributed by atoms with Gasteiger partial charge in [0.25, 0.3) is 11.5 Å². The smallest absolute Gasteiger partial charge is 0.327 e. The Bertz CT molecular complexity index is 2110. The summed E-state index contributed by atoms with van der Waals surface area (Å²) in [7, 11) is 3.19. The van der Waals surface area contributed by atoms with Crippen LogP contribution in [0.25, 0.3) is 16.6 Å². The zero-order valence-electron chi connectivity index (χ0n) is 28.7. The SMILES string of the molecule is C/C=C/C(=O)O.CNCC(=O)O[C@H](C)Cn1c(C)c(C(=O)Nc2ccc(Oc3ccnc4cc(OC)ccc34)c(F)c2)c(=O)n1-c1ccccc1. The lowest BCUT2D eigenvalue weighted by Gasteiger charge is -2.18. The van der Waals surface area contributed by atoms with E-state index in [-0.39, 0.29) is 30.1 Å². The maximum Gasteiger partial charge on any atom is 0.327 e. The molecule has 5 rings (SSSR count). The highest BCUT2D eigenvalue weighted by atomic mass is 19.1. The fraction of sp³-hybridized carbons (Fsp3) is 0.216. The maximum absolute atomic E-state index is 15.2. The van der Waals surface area contributed by atoms with Gasteiger partial charge in [0.05, 0.1) is 37.1 Å². The first kappa shape index (κ1) is 37.5. The standard InChI is InChI=1S/C33H32FN5O6.C4H6O2/c1-20(44-30(40)18-35-3)19-38-21(2)31(33(42)39(38)23-8-6-5-7-9-23)32(41)37-22-10-13-29(26(34)16-22)45-28-14-15-36-27-17-24(43-4)11-12-25(27)28;1-2-3-4(5)6/h5-17,20,35H,18-19H2,1-4H3,(H,37,41);2-3H,1H3,(H,5,6)/b;3-2+/t20-;/m1./s1. The largest absolute Gasteiger partial charge is 0.497 e. The Morgan fingerprint density at radius 2 is 1.78 bits per heavy atom. The normalized spacial score (nSPS) is 11.4. The van der Waals surface area contributed by atoms with E-state index in [1.165, 1.54) is 22.9 Å². The lowest BCUT2D eigenvalue weighted by atomic mass is 10.2. The van der Waals surface area contributed by atoms with Gasteiger partial charge in [-0.3, -0.25) is 24.0 Å². The molecular formula is C37H38FN5O8. The van der Waals surface area contributed by atoms with Crippen LogP contribution in [0.2, 0.25) is 0 Å². The van der Waals surface area contributed by atoms with Gasteiger partial charge in [0.15, 0.2) is 11.6 Å². The average Bonchev–Trinajstić information content (AvgIpc) is 3.34. The number of nitrogens with zero attached hydrogens (tertiary/aromatic N) is 3. The number of benzene rings is 3. The predicted octanol–water partition coefficient (Wildman–Crippen LogP) is 5.49. The van der Waals surface area contributed by atoms with E-state index in [1.807, 2.05) is 0 Å². The van der Waals surface area contributed by atoms with Crippen molar-refractivity contribution in [3.63, 3.8) is 0 Å². The first-order valence-electron chi connectivity index (χ1n) is 15.8. The molecule has 1 amide bonds. The monoisotopic (exact) mass is 699 g/mol. The van der Waals surface area contributed by atoms with Crippen molar-refractivity contribution in [2.24, 2.45) is 0 Å². The minimum atomic E-state index is -0.891. The number of aliphatic carboxylic acids is 1. The van der Waals surface area contributed by atoms with Crippen LogP contribution in [0.1, 0.15) is 29.9 Å². The Morgan fingerprint density at radius 3 is 2.41 bits per heavy atom. The highest BCUT2D eigenvalue weighted by Gasteiger charge is 2.26. The topological polar surface area (TPSA) is 163 Å². The molecule has 0 aliphatic heterocycles. The van der Waals surface area contributed by atoms with Crippen LogP contribution >= 0.6 is 0 Å². The molecule has 0 fully saturated rings. The summed E-state index contributed by atoms with van der Waals surface area (Å²) in [5.41, 5.74) is 0.901. The third kappa shape index (κ3) is 9.45. The quantitative estimate of drug-likeness (QED) is 0.112. The zero-order chi connectivity index (χ0) is 37.1. The van der Waals surface area contributed by atoms with E-state index >= 15 is 4.39 Å². The molecule has 0 saturated heterocycles. The van der Waals surface area contributed by atoms with Gasteiger partial charge in [0.2, 0.25) is 0 Å². The van der Waals surface area contributed by atoms with Gasteiger partial charge in [-0.2, -0.15) is 0 Å². The summed E-state index contributed by atoms with van der Waals surface area (Å²) in [4.78, 5) is 53.0. The number of anilines is 1. The average molecular weight is 700 g/mol. The lowest BCUT2D eigenvalue weighted by molar-refractivity contribution is -0.147. The number of likely N-dealkylation sites (N-methyl/N-ethyl adjacent to an activating group) is 1. The van der Waals surface area contributed by atoms with Crippen molar-refractivity contribution < 1.29 is 38.1 Å². The number of fused-ring (bicyclic) bond motifs is 1. The fourth-order valence-corrected chi connectivity index (χ4v) is 5.08. The van der Waals surface area contributed by atoms with Gasteiger partial charge in [-0.05, 0) is 70.3 Å². The summed E-state index contributed by atoms with van der Waals surface area (Å²) in [6.07, 6.45) is 3.50. The maximum atomic E-state index is 15.2. The number of ether oxygens (including phenoxy) is 3. The summed E-state index contributed by atoms with van der Waals surface area (Å²) < 4.78 is 34.7. The van der Waals surface area contributed by atoms with Gasteiger partial charge < -0.3 is 30.0 Å². The first-order valence-corrected chi connectivity index (χ1v) is 15.8. The van der Waals surface area contributed by atoms with E-state index in [4.69, 9.17) is 19.3 Å². The zero-order valence-corrected chi connectivity index (χ0v) is 28.7. The molecule has 2 heterocycles. The van der Waals surface area contributed by atoms with Crippen LogP contribution in [0.5, 0.6) is 17.2 Å². The number of carbonyl (C=O) groups is 3. The summed E-state index contributed by atoms with van der Waals surface area (Å²) in [5, 5.41) is 13.9. The molecule has 1 atom stereocenters. The molecule has 5 aromatic rings. The minimum Gasteiger partial charge on any atom is -0.497 e. The van der Waals surface area contributed by atoms with Gasteiger partial charge in [0, 0.05) is 35.5 Å². The molecule has 0 radical (unpaired) electrons. The number of aromatic nitrogens is 3. The number of carboxylic acid groups (broad SMARTS) is 1. The van der Waals surface area contributed by atoms with Crippen molar-refractivity contribution in [2.75, 3.05) is 26.0 Å². The summed E-state index contributed by atoms with van der Waals surface area (Å²) in [5.74, 6) is -1.83. The van der Waals surface area contributed by atoms with E-state index in [2.05, 4.69) is 15.6 Å². The molecule has 14 heteroatoms. The Labute approximate surface area is 292 Å². The summed E-state index contributed by atoms with van der Waals surface area (Å²) in [6.45, 7) is 5.13. The van der Waals surface area contributed by atoms with Crippen LogP contribution in [-0.4, -0.2) is 64.1 Å². The number of nitrogens with one attached hydrogen (secondary N) is 2. The van der Waals surface area contributed by atoms with Crippen LogP contribution in [0.15, 0.2) is 95.9 Å².